The van der Waals surface area contributed by atoms with Crippen molar-refractivity contribution in [3.63, 3.8) is 0 Å². The van der Waals surface area contributed by atoms with E-state index < -0.39 is 0 Å². The molecule has 4 rings (SSSR count). The molecule has 32 heavy (non-hydrogen) atoms. The van der Waals surface area contributed by atoms with Gasteiger partial charge >= 0.3 is 0 Å². The number of tetrazole rings is 1. The summed E-state index contributed by atoms with van der Waals surface area (Å²) in [6, 6.07) is 8.04. The minimum Gasteiger partial charge on any atom is -0.496 e. The molecule has 0 saturated carbocycles. The highest BCUT2D eigenvalue weighted by molar-refractivity contribution is 6.42. The topological polar surface area (TPSA) is 90.2 Å². The van der Waals surface area contributed by atoms with Gasteiger partial charge in [-0.3, -0.25) is 9.59 Å². The lowest BCUT2D eigenvalue weighted by Crippen LogP contribution is -2.40. The van der Waals surface area contributed by atoms with E-state index in [1.807, 2.05) is 0 Å². The minimum atomic E-state index is -0.215. The van der Waals surface area contributed by atoms with E-state index in [1.54, 1.807) is 35.2 Å². The van der Waals surface area contributed by atoms with Gasteiger partial charge in [0.25, 0.3) is 5.91 Å². The maximum atomic E-state index is 13.2. The van der Waals surface area contributed by atoms with Gasteiger partial charge in [0, 0.05) is 30.6 Å². The summed E-state index contributed by atoms with van der Waals surface area (Å²) in [5.74, 6) is -0.0441. The van der Waals surface area contributed by atoms with Crippen molar-refractivity contribution in [3.05, 3.63) is 62.9 Å². The highest BCUT2D eigenvalue weighted by atomic mass is 35.5. The summed E-state index contributed by atoms with van der Waals surface area (Å²) in [6.07, 6.45) is 2.49. The fourth-order valence-electron chi connectivity index (χ4n) is 3.73. The lowest BCUT2D eigenvalue weighted by Gasteiger charge is -2.32. The second kappa shape index (κ2) is 9.44. The third-order valence-corrected chi connectivity index (χ3v) is 6.49. The van der Waals surface area contributed by atoms with Crippen molar-refractivity contribution >= 4 is 46.5 Å². The van der Waals surface area contributed by atoms with Crippen molar-refractivity contribution in [2.75, 3.05) is 20.2 Å². The molecule has 0 unspecified atom stereocenters. The van der Waals surface area contributed by atoms with Crippen LogP contribution in [0.2, 0.25) is 15.1 Å². The van der Waals surface area contributed by atoms with E-state index >= 15 is 0 Å². The molecule has 0 aliphatic carbocycles. The quantitative estimate of drug-likeness (QED) is 0.489. The molecule has 8 nitrogen and oxygen atoms in total. The average Bonchev–Trinajstić information content (AvgIpc) is 3.34. The van der Waals surface area contributed by atoms with Crippen molar-refractivity contribution in [2.45, 2.75) is 12.8 Å². The maximum Gasteiger partial charge on any atom is 0.257 e. The van der Waals surface area contributed by atoms with Crippen molar-refractivity contribution in [2.24, 2.45) is 5.92 Å². The molecule has 0 atom stereocenters. The first-order chi connectivity index (χ1) is 15.4. The van der Waals surface area contributed by atoms with E-state index in [9.17, 15) is 9.59 Å². The number of nitrogens with zero attached hydrogens (tertiary/aromatic N) is 5. The Labute approximate surface area is 199 Å². The van der Waals surface area contributed by atoms with Crippen LogP contribution in [0.1, 0.15) is 33.6 Å². The monoisotopic (exact) mass is 493 g/mol. The van der Waals surface area contributed by atoms with Crippen LogP contribution >= 0.6 is 34.8 Å². The van der Waals surface area contributed by atoms with Crippen molar-refractivity contribution in [3.8, 4) is 11.4 Å². The molecule has 1 saturated heterocycles. The number of hydrogen-bond acceptors (Lipinski definition) is 6. The minimum absolute atomic E-state index is 0.00193. The fraction of sp³-hybridized carbons (Fsp3) is 0.286. The summed E-state index contributed by atoms with van der Waals surface area (Å²) in [7, 11) is 1.48. The molecule has 0 N–H and O–H groups in total. The van der Waals surface area contributed by atoms with Gasteiger partial charge in [0.2, 0.25) is 0 Å². The van der Waals surface area contributed by atoms with E-state index in [1.165, 1.54) is 18.1 Å². The Morgan fingerprint density at radius 1 is 1.03 bits per heavy atom. The van der Waals surface area contributed by atoms with Crippen LogP contribution in [0, 0.1) is 5.92 Å². The van der Waals surface area contributed by atoms with Crippen molar-refractivity contribution < 1.29 is 14.3 Å². The Morgan fingerprint density at radius 3 is 2.41 bits per heavy atom. The lowest BCUT2D eigenvalue weighted by atomic mass is 9.88. The molecule has 1 fully saturated rings. The SMILES string of the molecule is COc1cc(-n2cnnn2)c(Cl)cc1C(=O)N1CCC(C(=O)c2ccc(Cl)c(Cl)c2)CC1. The summed E-state index contributed by atoms with van der Waals surface area (Å²) in [6.45, 7) is 0.873. The Bertz CT molecular complexity index is 1160. The molecule has 0 radical (unpaired) electrons. The molecule has 1 aliphatic heterocycles. The van der Waals surface area contributed by atoms with Crippen LogP contribution in [-0.2, 0) is 0 Å². The molecule has 2 heterocycles. The number of methoxy groups -OCH3 is 1. The highest BCUT2D eigenvalue weighted by Crippen LogP contribution is 2.32. The molecule has 1 aliphatic rings. The second-order valence-corrected chi connectivity index (χ2v) is 8.54. The first-order valence-electron chi connectivity index (χ1n) is 9.78. The third-order valence-electron chi connectivity index (χ3n) is 5.45. The summed E-state index contributed by atoms with van der Waals surface area (Å²) in [4.78, 5) is 27.7. The van der Waals surface area contributed by atoms with E-state index in [-0.39, 0.29) is 17.6 Å². The molecular formula is C21H18Cl3N5O3. The molecule has 11 heteroatoms. The van der Waals surface area contributed by atoms with E-state index in [2.05, 4.69) is 15.5 Å². The third kappa shape index (κ3) is 4.44. The number of carbonyl (C=O) groups excluding carboxylic acids is 2. The summed E-state index contributed by atoms with van der Waals surface area (Å²) >= 11 is 18.4. The predicted octanol–water partition coefficient (Wildman–Crippen LogP) is 4.37. The van der Waals surface area contributed by atoms with Gasteiger partial charge in [-0.25, -0.2) is 0 Å². The molecule has 1 aromatic heterocycles. The van der Waals surface area contributed by atoms with Crippen LogP contribution in [0.5, 0.6) is 5.75 Å². The summed E-state index contributed by atoms with van der Waals surface area (Å²) < 4.78 is 6.81. The second-order valence-electron chi connectivity index (χ2n) is 7.32. The van der Waals surface area contributed by atoms with Gasteiger partial charge < -0.3 is 9.64 Å². The van der Waals surface area contributed by atoms with Crippen molar-refractivity contribution in [1.29, 1.82) is 0 Å². The fourth-order valence-corrected chi connectivity index (χ4v) is 4.27. The van der Waals surface area contributed by atoms with Crippen LogP contribution in [-0.4, -0.2) is 57.0 Å². The smallest absolute Gasteiger partial charge is 0.257 e. The number of carbonyl (C=O) groups is 2. The number of piperidine rings is 1. The highest BCUT2D eigenvalue weighted by Gasteiger charge is 2.30. The molecule has 166 valence electrons. The number of rotatable bonds is 5. The zero-order valence-corrected chi connectivity index (χ0v) is 19.2. The Balaban J connectivity index is 1.48. The number of ether oxygens (including phenoxy) is 1. The number of hydrogen-bond donors (Lipinski definition) is 0. The van der Waals surface area contributed by atoms with Crippen LogP contribution in [0.3, 0.4) is 0 Å². The van der Waals surface area contributed by atoms with Crippen LogP contribution in [0.25, 0.3) is 5.69 Å². The zero-order valence-electron chi connectivity index (χ0n) is 17.0. The van der Waals surface area contributed by atoms with Gasteiger partial charge in [-0.2, -0.15) is 4.68 Å². The van der Waals surface area contributed by atoms with E-state index in [0.29, 0.717) is 63.6 Å². The number of benzene rings is 2. The summed E-state index contributed by atoms with van der Waals surface area (Å²) in [5.41, 5.74) is 1.36. The normalized spacial score (nSPS) is 14.4. The first kappa shape index (κ1) is 22.5. The maximum absolute atomic E-state index is 13.2. The van der Waals surface area contributed by atoms with Crippen LogP contribution < -0.4 is 4.74 Å². The van der Waals surface area contributed by atoms with Gasteiger partial charge in [0.05, 0.1) is 33.4 Å². The first-order valence-corrected chi connectivity index (χ1v) is 10.9. The number of amides is 1. The van der Waals surface area contributed by atoms with Gasteiger partial charge in [0.1, 0.15) is 12.1 Å². The molecule has 2 aromatic carbocycles. The predicted molar refractivity (Wildman–Crippen MR) is 120 cm³/mol. The average molecular weight is 495 g/mol. The van der Waals surface area contributed by atoms with Crippen LogP contribution in [0.4, 0.5) is 0 Å². The molecule has 0 bridgehead atoms. The Morgan fingerprint density at radius 2 is 1.78 bits per heavy atom. The van der Waals surface area contributed by atoms with E-state index in [4.69, 9.17) is 39.5 Å². The standard InChI is InChI=1S/C21H18Cl3N5O3/c1-32-19-10-18(29-11-25-26-27-29)17(24)9-14(19)21(31)28-6-4-12(5-7-28)20(30)13-2-3-15(22)16(23)8-13/h2-3,8-12H,4-7H2,1H3. The zero-order chi connectivity index (χ0) is 22.8. The molecule has 0 spiro atoms. The lowest BCUT2D eigenvalue weighted by molar-refractivity contribution is 0.0647. The number of aromatic nitrogens is 4. The number of halogens is 3. The summed E-state index contributed by atoms with van der Waals surface area (Å²) in [5, 5.41) is 12.1. The Hall–Kier alpha value is -2.68. The van der Waals surface area contributed by atoms with Gasteiger partial charge in [-0.1, -0.05) is 34.8 Å². The van der Waals surface area contributed by atoms with Gasteiger partial charge in [0.15, 0.2) is 5.78 Å². The van der Waals surface area contributed by atoms with E-state index in [0.717, 1.165) is 0 Å². The number of likely N-dealkylation sites (tertiary alicyclic amines) is 1. The Kier molecular flexibility index (Phi) is 6.64. The largest absolute Gasteiger partial charge is 0.496 e. The van der Waals surface area contributed by atoms with Gasteiger partial charge in [-0.15, -0.1) is 5.10 Å². The number of ketones is 1. The van der Waals surface area contributed by atoms with Crippen molar-refractivity contribution in [1.82, 2.24) is 25.1 Å². The van der Waals surface area contributed by atoms with Gasteiger partial charge in [-0.05, 0) is 47.5 Å². The van der Waals surface area contributed by atoms with Crippen LogP contribution in [0.15, 0.2) is 36.7 Å². The molecule has 3 aromatic rings. The molecular weight excluding hydrogens is 477 g/mol. The number of Topliss-reactive ketones (excluding diaryl/α,β-unsaturated/α-hetero) is 1. The molecule has 1 amide bonds.